The van der Waals surface area contributed by atoms with Crippen LogP contribution in [0.3, 0.4) is 0 Å². The Morgan fingerprint density at radius 3 is 2.57 bits per heavy atom. The van der Waals surface area contributed by atoms with Crippen molar-refractivity contribution in [2.75, 3.05) is 18.4 Å². The van der Waals surface area contributed by atoms with Crippen LogP contribution in [0.4, 0.5) is 5.69 Å². The summed E-state index contributed by atoms with van der Waals surface area (Å²) in [4.78, 5) is 9.51. The Morgan fingerprint density at radius 1 is 1.13 bits per heavy atom. The van der Waals surface area contributed by atoms with Crippen molar-refractivity contribution in [3.8, 4) is 11.4 Å². The molecule has 2 aromatic rings. The molecule has 0 bridgehead atoms. The van der Waals surface area contributed by atoms with Crippen LogP contribution in [0.25, 0.3) is 11.4 Å². The molecular weight excluding hydrogens is 284 g/mol. The maximum atomic E-state index is 5.64. The minimum absolute atomic E-state index is 0.538. The third-order valence-corrected chi connectivity index (χ3v) is 4.58. The van der Waals surface area contributed by atoms with Gasteiger partial charge in [0.15, 0.2) is 5.82 Å². The molecule has 0 radical (unpaired) electrons. The molecule has 1 aromatic heterocycles. The van der Waals surface area contributed by atoms with Crippen molar-refractivity contribution in [2.45, 2.75) is 44.9 Å². The highest BCUT2D eigenvalue weighted by molar-refractivity contribution is 5.59. The van der Waals surface area contributed by atoms with Gasteiger partial charge in [0.2, 0.25) is 0 Å². The largest absolute Gasteiger partial charge is 0.381 e. The number of hydrogen-bond donors (Lipinski definition) is 2. The summed E-state index contributed by atoms with van der Waals surface area (Å²) >= 11 is 0. The van der Waals surface area contributed by atoms with Gasteiger partial charge in [-0.05, 0) is 19.8 Å². The molecule has 4 nitrogen and oxygen atoms in total. The summed E-state index contributed by atoms with van der Waals surface area (Å²) < 4.78 is 0. The lowest BCUT2D eigenvalue weighted by atomic mass is 9.86. The predicted octanol–water partition coefficient (Wildman–Crippen LogP) is 3.87. The summed E-state index contributed by atoms with van der Waals surface area (Å²) in [7, 11) is 0. The summed E-state index contributed by atoms with van der Waals surface area (Å²) in [6.07, 6.45) is 8.32. The van der Waals surface area contributed by atoms with Crippen molar-refractivity contribution < 1.29 is 0 Å². The van der Waals surface area contributed by atoms with Gasteiger partial charge in [-0.2, -0.15) is 0 Å². The molecule has 0 unspecified atom stereocenters. The average molecular weight is 310 g/mol. The first-order chi connectivity index (χ1) is 11.3. The Kier molecular flexibility index (Phi) is 5.23. The molecule has 23 heavy (non-hydrogen) atoms. The second-order valence-electron chi connectivity index (χ2n) is 6.41. The molecule has 0 saturated heterocycles. The van der Waals surface area contributed by atoms with Gasteiger partial charge < -0.3 is 11.1 Å². The van der Waals surface area contributed by atoms with E-state index in [4.69, 9.17) is 10.7 Å². The summed E-state index contributed by atoms with van der Waals surface area (Å²) in [6.45, 7) is 3.47. The quantitative estimate of drug-likeness (QED) is 0.880. The first kappa shape index (κ1) is 15.9. The highest BCUT2D eigenvalue weighted by Crippen LogP contribution is 2.35. The smallest absolute Gasteiger partial charge is 0.159 e. The van der Waals surface area contributed by atoms with Gasteiger partial charge in [-0.25, -0.2) is 9.97 Å². The van der Waals surface area contributed by atoms with Gasteiger partial charge in [0.25, 0.3) is 0 Å². The van der Waals surface area contributed by atoms with Crippen LogP contribution in [0.1, 0.15) is 49.3 Å². The molecule has 3 N–H and O–H groups in total. The number of aryl methyl sites for hydroxylation is 1. The van der Waals surface area contributed by atoms with Crippen LogP contribution in [0.15, 0.2) is 30.5 Å². The Balaban J connectivity index is 1.94. The topological polar surface area (TPSA) is 63.8 Å². The molecule has 3 rings (SSSR count). The van der Waals surface area contributed by atoms with Crippen LogP contribution in [-0.4, -0.2) is 23.1 Å². The first-order valence-electron chi connectivity index (χ1n) is 8.66. The molecule has 1 saturated carbocycles. The molecule has 1 aliphatic rings. The van der Waals surface area contributed by atoms with Gasteiger partial charge in [0.05, 0.1) is 17.6 Å². The maximum absolute atomic E-state index is 5.64. The van der Waals surface area contributed by atoms with Crippen molar-refractivity contribution in [1.29, 1.82) is 0 Å². The van der Waals surface area contributed by atoms with Crippen molar-refractivity contribution in [3.05, 3.63) is 41.7 Å². The van der Waals surface area contributed by atoms with Crippen LogP contribution in [0.2, 0.25) is 0 Å². The van der Waals surface area contributed by atoms with Crippen molar-refractivity contribution >= 4 is 5.69 Å². The van der Waals surface area contributed by atoms with E-state index in [1.54, 1.807) is 0 Å². The summed E-state index contributed by atoms with van der Waals surface area (Å²) in [5.74, 6) is 1.36. The standard InChI is InChI=1S/C19H26N4/c1-14-7-9-16(10-8-14)19-22-13-17(21-12-11-20)18(23-19)15-5-3-2-4-6-15/h7-10,13,15,21H,2-6,11-12,20H2,1H3. The number of nitrogens with zero attached hydrogens (tertiary/aromatic N) is 2. The molecule has 1 fully saturated rings. The van der Waals surface area contributed by atoms with Gasteiger partial charge in [-0.15, -0.1) is 0 Å². The van der Waals surface area contributed by atoms with Gasteiger partial charge in [0.1, 0.15) is 0 Å². The highest BCUT2D eigenvalue weighted by Gasteiger charge is 2.21. The van der Waals surface area contributed by atoms with Crippen molar-refractivity contribution in [1.82, 2.24) is 9.97 Å². The summed E-state index contributed by atoms with van der Waals surface area (Å²) in [5, 5.41) is 3.40. The second-order valence-corrected chi connectivity index (χ2v) is 6.41. The van der Waals surface area contributed by atoms with E-state index in [0.29, 0.717) is 12.5 Å². The number of nitrogens with one attached hydrogen (secondary N) is 1. The van der Waals surface area contributed by atoms with Crippen LogP contribution in [-0.2, 0) is 0 Å². The maximum Gasteiger partial charge on any atom is 0.159 e. The van der Waals surface area contributed by atoms with Gasteiger partial charge >= 0.3 is 0 Å². The number of anilines is 1. The van der Waals surface area contributed by atoms with Gasteiger partial charge in [-0.3, -0.25) is 0 Å². The summed E-state index contributed by atoms with van der Waals surface area (Å²) in [6, 6.07) is 8.42. The number of benzene rings is 1. The van der Waals surface area contributed by atoms with E-state index in [1.165, 1.54) is 43.4 Å². The minimum atomic E-state index is 0.538. The minimum Gasteiger partial charge on any atom is -0.381 e. The van der Waals surface area contributed by atoms with Gasteiger partial charge in [0, 0.05) is 24.6 Å². The average Bonchev–Trinajstić information content (AvgIpc) is 2.61. The van der Waals surface area contributed by atoms with E-state index in [2.05, 4.69) is 41.5 Å². The molecule has 0 atom stereocenters. The number of aromatic nitrogens is 2. The fourth-order valence-corrected chi connectivity index (χ4v) is 3.27. The second kappa shape index (κ2) is 7.55. The fraction of sp³-hybridized carbons (Fsp3) is 0.474. The van der Waals surface area contributed by atoms with E-state index in [0.717, 1.165) is 23.6 Å². The van der Waals surface area contributed by atoms with Crippen LogP contribution >= 0.6 is 0 Å². The SMILES string of the molecule is Cc1ccc(-c2ncc(NCCN)c(C3CCCCC3)n2)cc1. The first-order valence-corrected chi connectivity index (χ1v) is 8.66. The molecular formula is C19H26N4. The fourth-order valence-electron chi connectivity index (χ4n) is 3.27. The molecule has 0 aliphatic heterocycles. The van der Waals surface area contributed by atoms with E-state index in [-0.39, 0.29) is 0 Å². The van der Waals surface area contributed by atoms with E-state index in [9.17, 15) is 0 Å². The molecule has 1 aliphatic carbocycles. The van der Waals surface area contributed by atoms with Crippen molar-refractivity contribution in [2.24, 2.45) is 5.73 Å². The summed E-state index contributed by atoms with van der Waals surface area (Å²) in [5.41, 5.74) is 10.2. The molecule has 1 aromatic carbocycles. The van der Waals surface area contributed by atoms with E-state index >= 15 is 0 Å². The van der Waals surface area contributed by atoms with Crippen LogP contribution in [0, 0.1) is 6.92 Å². The lowest BCUT2D eigenvalue weighted by Gasteiger charge is -2.24. The molecule has 1 heterocycles. The number of nitrogens with two attached hydrogens (primary N) is 1. The van der Waals surface area contributed by atoms with Gasteiger partial charge in [-0.1, -0.05) is 49.1 Å². The zero-order chi connectivity index (χ0) is 16.1. The normalized spacial score (nSPS) is 15.6. The Morgan fingerprint density at radius 2 is 1.87 bits per heavy atom. The molecule has 0 spiro atoms. The zero-order valence-corrected chi connectivity index (χ0v) is 13.9. The lowest BCUT2D eigenvalue weighted by Crippen LogP contribution is -2.17. The predicted molar refractivity (Wildman–Crippen MR) is 95.6 cm³/mol. The van der Waals surface area contributed by atoms with E-state index < -0.39 is 0 Å². The monoisotopic (exact) mass is 310 g/mol. The Labute approximate surface area is 138 Å². The van der Waals surface area contributed by atoms with Crippen molar-refractivity contribution in [3.63, 3.8) is 0 Å². The lowest BCUT2D eigenvalue weighted by molar-refractivity contribution is 0.437. The number of hydrogen-bond acceptors (Lipinski definition) is 4. The third-order valence-electron chi connectivity index (χ3n) is 4.58. The molecule has 4 heteroatoms. The highest BCUT2D eigenvalue weighted by atomic mass is 15.0. The Hall–Kier alpha value is -1.94. The zero-order valence-electron chi connectivity index (χ0n) is 13.9. The molecule has 0 amide bonds. The number of rotatable bonds is 5. The van der Waals surface area contributed by atoms with E-state index in [1.807, 2.05) is 6.20 Å². The molecule has 122 valence electrons. The van der Waals surface area contributed by atoms with Crippen LogP contribution < -0.4 is 11.1 Å². The Bertz CT molecular complexity index is 630. The van der Waals surface area contributed by atoms with Crippen LogP contribution in [0.5, 0.6) is 0 Å². The third kappa shape index (κ3) is 3.88.